The minimum Gasteiger partial charge on any atom is -0.457 e. The normalized spacial score (nSPS) is 16.0. The fourth-order valence-corrected chi connectivity index (χ4v) is 3.59. The predicted octanol–water partition coefficient (Wildman–Crippen LogP) is 4.35. The van der Waals surface area contributed by atoms with Crippen LogP contribution in [0.4, 0.5) is 0 Å². The molecule has 0 fully saturated rings. The van der Waals surface area contributed by atoms with Crippen molar-refractivity contribution < 1.29 is 19.1 Å². The fourth-order valence-electron chi connectivity index (χ4n) is 3.59. The number of ether oxygens (including phenoxy) is 2. The Morgan fingerprint density at radius 3 is 1.62 bits per heavy atom. The first-order valence-corrected chi connectivity index (χ1v) is 8.42. The molecule has 0 N–H and O–H groups in total. The Morgan fingerprint density at radius 2 is 1.08 bits per heavy atom. The number of rotatable bonds is 2. The third-order valence-electron chi connectivity index (χ3n) is 4.83. The van der Waals surface area contributed by atoms with Gasteiger partial charge < -0.3 is 9.47 Å². The van der Waals surface area contributed by atoms with E-state index in [1.807, 2.05) is 48.5 Å². The van der Waals surface area contributed by atoms with Crippen LogP contribution >= 0.6 is 0 Å². The standard InChI is InChI=1S/C22H14O4/c23-19-13-7-1-2-8-14(13)20(24)22(19)26-21-15-9-3-5-11-17(15)25-18-12-6-4-10-16(18)21/h1-12,21-22H. The van der Waals surface area contributed by atoms with Gasteiger partial charge in [0.1, 0.15) is 17.6 Å². The average Bonchev–Trinajstić information content (AvgIpc) is 2.93. The molecule has 126 valence electrons. The lowest BCUT2D eigenvalue weighted by Gasteiger charge is -2.29. The molecule has 0 saturated heterocycles. The molecular weight excluding hydrogens is 328 g/mol. The van der Waals surface area contributed by atoms with E-state index in [0.29, 0.717) is 22.6 Å². The topological polar surface area (TPSA) is 52.6 Å². The first-order valence-electron chi connectivity index (χ1n) is 8.42. The third kappa shape index (κ3) is 2.13. The molecule has 0 spiro atoms. The van der Waals surface area contributed by atoms with Gasteiger partial charge in [-0.05, 0) is 12.1 Å². The van der Waals surface area contributed by atoms with Crippen LogP contribution in [0, 0.1) is 0 Å². The molecule has 1 heterocycles. The molecule has 4 heteroatoms. The highest BCUT2D eigenvalue weighted by atomic mass is 16.5. The van der Waals surface area contributed by atoms with E-state index in [9.17, 15) is 9.59 Å². The molecule has 1 aliphatic carbocycles. The second kappa shape index (κ2) is 5.64. The molecule has 5 rings (SSSR count). The Hall–Kier alpha value is -3.24. The number of hydrogen-bond acceptors (Lipinski definition) is 4. The number of para-hydroxylation sites is 2. The molecular formula is C22H14O4. The summed E-state index contributed by atoms with van der Waals surface area (Å²) >= 11 is 0. The minimum atomic E-state index is -1.13. The van der Waals surface area contributed by atoms with Crippen LogP contribution in [0.1, 0.15) is 37.9 Å². The lowest BCUT2D eigenvalue weighted by molar-refractivity contribution is 0.0158. The van der Waals surface area contributed by atoms with Crippen molar-refractivity contribution in [3.63, 3.8) is 0 Å². The molecule has 0 bridgehead atoms. The first-order chi connectivity index (χ1) is 12.7. The average molecular weight is 342 g/mol. The summed E-state index contributed by atoms with van der Waals surface area (Å²) in [5.41, 5.74) is 2.47. The first kappa shape index (κ1) is 15.0. The highest BCUT2D eigenvalue weighted by Gasteiger charge is 2.42. The van der Waals surface area contributed by atoms with Crippen molar-refractivity contribution in [2.75, 3.05) is 0 Å². The molecule has 3 aromatic rings. The van der Waals surface area contributed by atoms with Gasteiger partial charge >= 0.3 is 0 Å². The van der Waals surface area contributed by atoms with Crippen LogP contribution in [0.2, 0.25) is 0 Å². The summed E-state index contributed by atoms with van der Waals surface area (Å²) in [6, 6.07) is 21.9. The van der Waals surface area contributed by atoms with Crippen molar-refractivity contribution in [1.29, 1.82) is 0 Å². The van der Waals surface area contributed by atoms with Crippen LogP contribution in [-0.2, 0) is 4.74 Å². The smallest absolute Gasteiger partial charge is 0.200 e. The van der Waals surface area contributed by atoms with Gasteiger partial charge in [0.25, 0.3) is 0 Å². The zero-order valence-corrected chi connectivity index (χ0v) is 13.7. The zero-order valence-electron chi connectivity index (χ0n) is 13.7. The number of benzene rings is 3. The number of carbonyl (C=O) groups is 2. The number of fused-ring (bicyclic) bond motifs is 3. The Labute approximate surface area is 150 Å². The van der Waals surface area contributed by atoms with Gasteiger partial charge in [-0.3, -0.25) is 9.59 Å². The summed E-state index contributed by atoms with van der Waals surface area (Å²) in [5, 5.41) is 0. The highest BCUT2D eigenvalue weighted by Crippen LogP contribution is 2.45. The monoisotopic (exact) mass is 342 g/mol. The van der Waals surface area contributed by atoms with Gasteiger partial charge in [-0.25, -0.2) is 0 Å². The second-order valence-corrected chi connectivity index (χ2v) is 6.35. The number of hydrogen-bond donors (Lipinski definition) is 0. The van der Waals surface area contributed by atoms with Gasteiger partial charge in [-0.2, -0.15) is 0 Å². The maximum Gasteiger partial charge on any atom is 0.200 e. The van der Waals surface area contributed by atoms with E-state index >= 15 is 0 Å². The van der Waals surface area contributed by atoms with Crippen LogP contribution in [0.3, 0.4) is 0 Å². The Kier molecular flexibility index (Phi) is 3.27. The third-order valence-corrected chi connectivity index (χ3v) is 4.83. The molecule has 1 aliphatic heterocycles. The summed E-state index contributed by atoms with van der Waals surface area (Å²) in [4.78, 5) is 25.5. The lowest BCUT2D eigenvalue weighted by Crippen LogP contribution is -2.29. The Bertz CT molecular complexity index is 973. The molecule has 0 radical (unpaired) electrons. The second-order valence-electron chi connectivity index (χ2n) is 6.35. The van der Waals surface area contributed by atoms with E-state index in [4.69, 9.17) is 9.47 Å². The zero-order chi connectivity index (χ0) is 17.7. The van der Waals surface area contributed by atoms with Crippen LogP contribution in [-0.4, -0.2) is 17.7 Å². The van der Waals surface area contributed by atoms with Crippen LogP contribution < -0.4 is 4.74 Å². The molecule has 3 aromatic carbocycles. The summed E-state index contributed by atoms with van der Waals surface area (Å²) < 4.78 is 12.1. The van der Waals surface area contributed by atoms with E-state index in [1.165, 1.54) is 0 Å². The maximum absolute atomic E-state index is 12.7. The lowest BCUT2D eigenvalue weighted by atomic mass is 9.96. The molecule has 26 heavy (non-hydrogen) atoms. The minimum absolute atomic E-state index is 0.285. The Morgan fingerprint density at radius 1 is 0.615 bits per heavy atom. The largest absolute Gasteiger partial charge is 0.457 e. The molecule has 0 amide bonds. The van der Waals surface area contributed by atoms with Crippen molar-refractivity contribution in [3.05, 3.63) is 95.1 Å². The molecule has 0 saturated carbocycles. The van der Waals surface area contributed by atoms with Gasteiger partial charge in [-0.15, -0.1) is 0 Å². The molecule has 4 nitrogen and oxygen atoms in total. The summed E-state index contributed by atoms with van der Waals surface area (Å²) in [6.07, 6.45) is -1.67. The summed E-state index contributed by atoms with van der Waals surface area (Å²) in [6.45, 7) is 0. The number of carbonyl (C=O) groups excluding carboxylic acids is 2. The van der Waals surface area contributed by atoms with Gasteiger partial charge in [0.15, 0.2) is 17.7 Å². The number of Topliss-reactive ketones (excluding diaryl/α,β-unsaturated/α-hetero) is 2. The van der Waals surface area contributed by atoms with Crippen molar-refractivity contribution in [2.45, 2.75) is 12.2 Å². The van der Waals surface area contributed by atoms with Crippen molar-refractivity contribution in [1.82, 2.24) is 0 Å². The van der Waals surface area contributed by atoms with E-state index in [1.54, 1.807) is 24.3 Å². The van der Waals surface area contributed by atoms with Gasteiger partial charge in [0.2, 0.25) is 0 Å². The van der Waals surface area contributed by atoms with Crippen LogP contribution in [0.5, 0.6) is 11.5 Å². The van der Waals surface area contributed by atoms with E-state index in [-0.39, 0.29) is 11.6 Å². The SMILES string of the molecule is O=C1c2ccccc2C(=O)C1OC1c2ccccc2Oc2ccccc21. The molecule has 0 unspecified atom stereocenters. The van der Waals surface area contributed by atoms with E-state index < -0.39 is 12.2 Å². The van der Waals surface area contributed by atoms with Crippen LogP contribution in [0.25, 0.3) is 0 Å². The fraction of sp³-hybridized carbons (Fsp3) is 0.0909. The summed E-state index contributed by atoms with van der Waals surface area (Å²) in [7, 11) is 0. The van der Waals surface area contributed by atoms with Crippen molar-refractivity contribution in [2.24, 2.45) is 0 Å². The Balaban J connectivity index is 1.58. The summed E-state index contributed by atoms with van der Waals surface area (Å²) in [5.74, 6) is 0.775. The quantitative estimate of drug-likeness (QED) is 0.650. The predicted molar refractivity (Wildman–Crippen MR) is 94.8 cm³/mol. The molecule has 2 aliphatic rings. The van der Waals surface area contributed by atoms with Crippen molar-refractivity contribution in [3.8, 4) is 11.5 Å². The van der Waals surface area contributed by atoms with Gasteiger partial charge in [-0.1, -0.05) is 60.7 Å². The van der Waals surface area contributed by atoms with E-state index in [2.05, 4.69) is 0 Å². The molecule has 0 atom stereocenters. The maximum atomic E-state index is 12.7. The van der Waals surface area contributed by atoms with Gasteiger partial charge in [0.05, 0.1) is 0 Å². The van der Waals surface area contributed by atoms with Gasteiger partial charge in [0, 0.05) is 22.3 Å². The van der Waals surface area contributed by atoms with E-state index in [0.717, 1.165) is 11.1 Å². The highest BCUT2D eigenvalue weighted by molar-refractivity contribution is 6.28. The molecule has 0 aromatic heterocycles. The van der Waals surface area contributed by atoms with Crippen molar-refractivity contribution >= 4 is 11.6 Å². The number of ketones is 2. The van der Waals surface area contributed by atoms with Crippen LogP contribution in [0.15, 0.2) is 72.8 Å².